The molecular weight excluding hydrogens is 416 g/mol. The summed E-state index contributed by atoms with van der Waals surface area (Å²) in [6, 6.07) is 13.0. The van der Waals surface area contributed by atoms with Gasteiger partial charge in [0, 0.05) is 25.9 Å². The van der Waals surface area contributed by atoms with E-state index in [1.54, 1.807) is 30.3 Å². The minimum Gasteiger partial charge on any atom is -0.456 e. The first kappa shape index (κ1) is 20.1. The third-order valence-electron chi connectivity index (χ3n) is 5.07. The number of ether oxygens (including phenoxy) is 3. The van der Waals surface area contributed by atoms with Crippen LogP contribution in [0, 0.1) is 11.3 Å². The largest absolute Gasteiger partial charge is 0.456 e. The molecule has 4 rings (SSSR count). The second-order valence-corrected chi connectivity index (χ2v) is 9.16. The smallest absolute Gasteiger partial charge is 0.243 e. The van der Waals surface area contributed by atoms with Crippen LogP contribution in [0.3, 0.4) is 0 Å². The Morgan fingerprint density at radius 2 is 1.72 bits per heavy atom. The van der Waals surface area contributed by atoms with Gasteiger partial charge in [-0.25, -0.2) is 8.42 Å². The van der Waals surface area contributed by atoms with Crippen molar-refractivity contribution in [3.05, 3.63) is 53.1 Å². The zero-order chi connectivity index (χ0) is 20.5. The summed E-state index contributed by atoms with van der Waals surface area (Å²) in [6.07, 6.45) is 1.03. The number of hydrogen-bond acceptors (Lipinski definition) is 6. The molecule has 2 heterocycles. The predicted molar refractivity (Wildman–Crippen MR) is 105 cm³/mol. The Hall–Kier alpha value is -2.15. The highest BCUT2D eigenvalue weighted by Gasteiger charge is 2.42. The lowest BCUT2D eigenvalue weighted by atomic mass is 10.1. The van der Waals surface area contributed by atoms with Gasteiger partial charge in [0.2, 0.25) is 10.0 Å². The molecule has 0 aliphatic carbocycles. The van der Waals surface area contributed by atoms with E-state index >= 15 is 0 Å². The number of sulfonamides is 1. The van der Waals surface area contributed by atoms with Gasteiger partial charge >= 0.3 is 0 Å². The zero-order valence-electron chi connectivity index (χ0n) is 15.5. The van der Waals surface area contributed by atoms with Gasteiger partial charge in [0.1, 0.15) is 23.1 Å². The Morgan fingerprint density at radius 3 is 2.34 bits per heavy atom. The van der Waals surface area contributed by atoms with E-state index in [1.807, 2.05) is 6.07 Å². The molecule has 29 heavy (non-hydrogen) atoms. The first-order valence-corrected chi connectivity index (χ1v) is 11.0. The molecule has 7 nitrogen and oxygen atoms in total. The van der Waals surface area contributed by atoms with E-state index in [9.17, 15) is 13.7 Å². The minimum absolute atomic E-state index is 0.181. The van der Waals surface area contributed by atoms with E-state index in [-0.39, 0.29) is 10.5 Å². The molecule has 1 spiro atoms. The topological polar surface area (TPSA) is 88.9 Å². The Bertz CT molecular complexity index is 1030. The lowest BCUT2D eigenvalue weighted by molar-refractivity contribution is -0.179. The second kappa shape index (κ2) is 7.94. The molecule has 152 valence electrons. The first-order valence-electron chi connectivity index (χ1n) is 9.18. The van der Waals surface area contributed by atoms with E-state index in [0.29, 0.717) is 55.7 Å². The lowest BCUT2D eigenvalue weighted by Crippen LogP contribution is -2.47. The number of piperidine rings is 1. The molecule has 2 aliphatic heterocycles. The van der Waals surface area contributed by atoms with Gasteiger partial charge in [-0.05, 0) is 36.4 Å². The van der Waals surface area contributed by atoms with Crippen LogP contribution in [0.25, 0.3) is 0 Å². The Morgan fingerprint density at radius 1 is 1.07 bits per heavy atom. The van der Waals surface area contributed by atoms with Crippen molar-refractivity contribution in [3.8, 4) is 17.6 Å². The fourth-order valence-corrected chi connectivity index (χ4v) is 5.16. The van der Waals surface area contributed by atoms with Crippen molar-refractivity contribution in [3.63, 3.8) is 0 Å². The third-order valence-corrected chi connectivity index (χ3v) is 7.30. The van der Waals surface area contributed by atoms with Gasteiger partial charge in [0.25, 0.3) is 0 Å². The SMILES string of the molecule is N#Cc1c(Cl)cccc1Oc1ccc(S(=O)(=O)N2CCC3(CC2)OCCO3)cc1. The summed E-state index contributed by atoms with van der Waals surface area (Å²) < 4.78 is 44.4. The Balaban J connectivity index is 1.48. The fourth-order valence-electron chi connectivity index (χ4n) is 3.51. The molecule has 0 atom stereocenters. The molecule has 0 aromatic heterocycles. The fraction of sp³-hybridized carbons (Fsp3) is 0.350. The Kier molecular flexibility index (Phi) is 5.51. The van der Waals surface area contributed by atoms with Gasteiger partial charge in [0.05, 0.1) is 23.1 Å². The lowest BCUT2D eigenvalue weighted by Gasteiger charge is -2.36. The van der Waals surface area contributed by atoms with Crippen LogP contribution < -0.4 is 4.74 Å². The summed E-state index contributed by atoms with van der Waals surface area (Å²) in [7, 11) is -3.62. The van der Waals surface area contributed by atoms with Crippen molar-refractivity contribution in [2.75, 3.05) is 26.3 Å². The molecule has 0 amide bonds. The average Bonchev–Trinajstić information content (AvgIpc) is 3.17. The van der Waals surface area contributed by atoms with E-state index in [0.717, 1.165) is 0 Å². The van der Waals surface area contributed by atoms with Crippen molar-refractivity contribution in [1.29, 1.82) is 5.26 Å². The quantitative estimate of drug-likeness (QED) is 0.731. The summed E-state index contributed by atoms with van der Waals surface area (Å²) in [5.74, 6) is 0.0978. The van der Waals surface area contributed by atoms with Crippen molar-refractivity contribution >= 4 is 21.6 Å². The van der Waals surface area contributed by atoms with Crippen molar-refractivity contribution in [1.82, 2.24) is 4.31 Å². The number of nitrogens with zero attached hydrogens (tertiary/aromatic N) is 2. The van der Waals surface area contributed by atoms with E-state index in [4.69, 9.17) is 25.8 Å². The predicted octanol–water partition coefficient (Wildman–Crippen LogP) is 3.53. The normalized spacial score (nSPS) is 19.2. The molecule has 2 aliphatic rings. The average molecular weight is 435 g/mol. The molecular formula is C20H19ClN2O5S. The molecule has 2 fully saturated rings. The molecule has 0 saturated carbocycles. The molecule has 2 aromatic rings. The van der Waals surface area contributed by atoms with Gasteiger partial charge in [0.15, 0.2) is 5.79 Å². The minimum atomic E-state index is -3.62. The highest BCUT2D eigenvalue weighted by Crippen LogP contribution is 2.34. The molecule has 0 unspecified atom stereocenters. The van der Waals surface area contributed by atoms with Crippen molar-refractivity contribution in [2.24, 2.45) is 0 Å². The first-order chi connectivity index (χ1) is 13.9. The number of benzene rings is 2. The maximum atomic E-state index is 12.9. The van der Waals surface area contributed by atoms with Crippen LogP contribution >= 0.6 is 11.6 Å². The molecule has 2 saturated heterocycles. The summed E-state index contributed by atoms with van der Waals surface area (Å²) >= 11 is 6.01. The maximum absolute atomic E-state index is 12.9. The van der Waals surface area contributed by atoms with Crippen LogP contribution in [0.4, 0.5) is 0 Å². The van der Waals surface area contributed by atoms with Gasteiger partial charge in [-0.1, -0.05) is 17.7 Å². The number of nitriles is 1. The molecule has 0 bridgehead atoms. The number of halogens is 1. The summed E-state index contributed by atoms with van der Waals surface area (Å²) in [5.41, 5.74) is 0.226. The molecule has 0 N–H and O–H groups in total. The number of rotatable bonds is 4. The summed E-state index contributed by atoms with van der Waals surface area (Å²) in [5, 5.41) is 9.53. The highest BCUT2D eigenvalue weighted by atomic mass is 35.5. The van der Waals surface area contributed by atoms with Crippen LogP contribution in [0.1, 0.15) is 18.4 Å². The second-order valence-electron chi connectivity index (χ2n) is 6.81. The van der Waals surface area contributed by atoms with Gasteiger partial charge < -0.3 is 14.2 Å². The monoisotopic (exact) mass is 434 g/mol. The van der Waals surface area contributed by atoms with Crippen LogP contribution in [0.2, 0.25) is 5.02 Å². The van der Waals surface area contributed by atoms with Gasteiger partial charge in [-0.2, -0.15) is 9.57 Å². The van der Waals surface area contributed by atoms with Crippen molar-refractivity contribution < 1.29 is 22.6 Å². The van der Waals surface area contributed by atoms with E-state index in [2.05, 4.69) is 0 Å². The summed E-state index contributed by atoms with van der Waals surface area (Å²) in [6.45, 7) is 1.78. The maximum Gasteiger partial charge on any atom is 0.243 e. The van der Waals surface area contributed by atoms with Crippen LogP contribution in [-0.2, 0) is 19.5 Å². The highest BCUT2D eigenvalue weighted by molar-refractivity contribution is 7.89. The van der Waals surface area contributed by atoms with E-state index < -0.39 is 15.8 Å². The van der Waals surface area contributed by atoms with Crippen LogP contribution in [0.15, 0.2) is 47.4 Å². The Labute approximate surface area is 174 Å². The van der Waals surface area contributed by atoms with Gasteiger partial charge in [-0.3, -0.25) is 0 Å². The molecule has 2 aromatic carbocycles. The van der Waals surface area contributed by atoms with Crippen LogP contribution in [-0.4, -0.2) is 44.8 Å². The molecule has 9 heteroatoms. The standard InChI is InChI=1S/C20H19ClN2O5S/c21-18-2-1-3-19(17(18)14-22)28-15-4-6-16(7-5-15)29(24,25)23-10-8-20(9-11-23)26-12-13-27-20/h1-7H,8-13H2. The zero-order valence-corrected chi connectivity index (χ0v) is 17.1. The van der Waals surface area contributed by atoms with E-state index in [1.165, 1.54) is 16.4 Å². The number of hydrogen-bond donors (Lipinski definition) is 0. The third kappa shape index (κ3) is 3.97. The van der Waals surface area contributed by atoms with Crippen LogP contribution in [0.5, 0.6) is 11.5 Å². The van der Waals surface area contributed by atoms with Crippen molar-refractivity contribution in [2.45, 2.75) is 23.5 Å². The molecule has 0 radical (unpaired) electrons. The van der Waals surface area contributed by atoms with Gasteiger partial charge in [-0.15, -0.1) is 0 Å². The summed E-state index contributed by atoms with van der Waals surface area (Å²) in [4.78, 5) is 0.181.